The maximum absolute atomic E-state index is 12.3. The van der Waals surface area contributed by atoms with Gasteiger partial charge in [-0.3, -0.25) is 19.3 Å². The molecule has 1 aliphatic heterocycles. The highest BCUT2D eigenvalue weighted by Crippen LogP contribution is 2.25. The van der Waals surface area contributed by atoms with Crippen molar-refractivity contribution >= 4 is 40.0 Å². The molecule has 8 heteroatoms. The quantitative estimate of drug-likeness (QED) is 0.621. The fourth-order valence-corrected chi connectivity index (χ4v) is 3.41. The Morgan fingerprint density at radius 3 is 2.38 bits per heavy atom. The number of rotatable bonds is 6. The van der Waals surface area contributed by atoms with E-state index in [0.717, 1.165) is 4.90 Å². The molecule has 134 valence electrons. The topological polar surface area (TPSA) is 92.8 Å². The van der Waals surface area contributed by atoms with Crippen LogP contribution in [-0.2, 0) is 9.53 Å². The van der Waals surface area contributed by atoms with E-state index < -0.39 is 23.7 Å². The zero-order valence-corrected chi connectivity index (χ0v) is 14.8. The van der Waals surface area contributed by atoms with Crippen LogP contribution in [0.25, 0.3) is 0 Å². The van der Waals surface area contributed by atoms with Crippen molar-refractivity contribution in [3.63, 3.8) is 0 Å². The number of thiophene rings is 1. The lowest BCUT2D eigenvalue weighted by atomic mass is 10.1. The van der Waals surface area contributed by atoms with Crippen LogP contribution in [0, 0.1) is 0 Å². The molecule has 1 aromatic carbocycles. The van der Waals surface area contributed by atoms with Gasteiger partial charge in [-0.05, 0) is 30.5 Å². The second-order valence-corrected chi connectivity index (χ2v) is 6.41. The average Bonchev–Trinajstić information content (AvgIpc) is 3.18. The van der Waals surface area contributed by atoms with Crippen LogP contribution in [0.4, 0.5) is 5.00 Å². The van der Waals surface area contributed by atoms with Crippen LogP contribution < -0.4 is 5.32 Å². The first kappa shape index (κ1) is 17.8. The summed E-state index contributed by atoms with van der Waals surface area (Å²) in [6.45, 7) is 1.91. The van der Waals surface area contributed by atoms with E-state index in [1.165, 1.54) is 11.3 Å². The summed E-state index contributed by atoms with van der Waals surface area (Å²) in [7, 11) is 0. The Bertz CT molecular complexity index is 854. The number of nitrogens with zero attached hydrogens (tertiary/aromatic N) is 1. The molecule has 2 heterocycles. The van der Waals surface area contributed by atoms with Crippen molar-refractivity contribution in [2.75, 3.05) is 18.5 Å². The van der Waals surface area contributed by atoms with E-state index >= 15 is 0 Å². The fraction of sp³-hybridized carbons (Fsp3) is 0.222. The number of anilines is 1. The highest BCUT2D eigenvalue weighted by molar-refractivity contribution is 7.14. The van der Waals surface area contributed by atoms with Gasteiger partial charge in [-0.25, -0.2) is 4.79 Å². The molecule has 3 rings (SSSR count). The number of hydrogen-bond acceptors (Lipinski definition) is 6. The summed E-state index contributed by atoms with van der Waals surface area (Å²) in [6.07, 6.45) is -0.0639. The number of carbonyl (C=O) groups is 4. The van der Waals surface area contributed by atoms with Gasteiger partial charge in [0.25, 0.3) is 11.8 Å². The molecule has 1 aromatic heterocycles. The number of imide groups is 1. The molecule has 0 saturated heterocycles. The number of fused-ring (bicyclic) bond motifs is 1. The van der Waals surface area contributed by atoms with Gasteiger partial charge in [-0.2, -0.15) is 0 Å². The summed E-state index contributed by atoms with van der Waals surface area (Å²) in [5.74, 6) is -1.71. The maximum atomic E-state index is 12.3. The normalized spacial score (nSPS) is 12.9. The summed E-state index contributed by atoms with van der Waals surface area (Å²) >= 11 is 1.20. The van der Waals surface area contributed by atoms with Gasteiger partial charge in [-0.15, -0.1) is 11.3 Å². The molecule has 7 nitrogen and oxygen atoms in total. The predicted molar refractivity (Wildman–Crippen MR) is 95.3 cm³/mol. The summed E-state index contributed by atoms with van der Waals surface area (Å²) in [5, 5.41) is 4.69. The molecular formula is C18H16N2O5S. The van der Waals surface area contributed by atoms with Gasteiger partial charge in [0.1, 0.15) is 5.00 Å². The number of amides is 3. The SMILES string of the molecule is CCOC(=O)c1ccsc1NC(=O)CCN1C(=O)c2ccccc2C1=O. The van der Waals surface area contributed by atoms with E-state index in [1.54, 1.807) is 42.6 Å². The molecule has 0 fully saturated rings. The number of nitrogens with one attached hydrogen (secondary N) is 1. The molecule has 0 bridgehead atoms. The van der Waals surface area contributed by atoms with Gasteiger partial charge in [-0.1, -0.05) is 12.1 Å². The van der Waals surface area contributed by atoms with Gasteiger partial charge in [0.05, 0.1) is 23.3 Å². The molecule has 26 heavy (non-hydrogen) atoms. The predicted octanol–water partition coefficient (Wildman–Crippen LogP) is 2.55. The van der Waals surface area contributed by atoms with Crippen molar-refractivity contribution < 1.29 is 23.9 Å². The zero-order valence-electron chi connectivity index (χ0n) is 14.0. The molecule has 0 atom stereocenters. The monoisotopic (exact) mass is 372 g/mol. The molecule has 0 radical (unpaired) electrons. The van der Waals surface area contributed by atoms with E-state index in [2.05, 4.69) is 5.32 Å². The molecule has 0 unspecified atom stereocenters. The molecule has 1 N–H and O–H groups in total. The number of esters is 1. The Balaban J connectivity index is 1.61. The van der Waals surface area contributed by atoms with Gasteiger partial charge in [0.15, 0.2) is 0 Å². The maximum Gasteiger partial charge on any atom is 0.341 e. The minimum atomic E-state index is -0.510. The van der Waals surface area contributed by atoms with E-state index in [1.807, 2.05) is 0 Å². The first-order valence-corrected chi connectivity index (χ1v) is 8.90. The second-order valence-electron chi connectivity index (χ2n) is 5.49. The minimum absolute atomic E-state index is 0.0295. The third-order valence-electron chi connectivity index (χ3n) is 3.85. The number of hydrogen-bond donors (Lipinski definition) is 1. The van der Waals surface area contributed by atoms with E-state index in [0.29, 0.717) is 16.1 Å². The van der Waals surface area contributed by atoms with Crippen LogP contribution >= 0.6 is 11.3 Å². The molecule has 1 aliphatic rings. The lowest BCUT2D eigenvalue weighted by molar-refractivity contribution is -0.116. The summed E-state index contributed by atoms with van der Waals surface area (Å²) in [6, 6.07) is 8.13. The third kappa shape index (κ3) is 3.36. The van der Waals surface area contributed by atoms with Gasteiger partial charge in [0.2, 0.25) is 5.91 Å². The van der Waals surface area contributed by atoms with Crippen LogP contribution in [0.3, 0.4) is 0 Å². The number of carbonyl (C=O) groups excluding carboxylic acids is 4. The van der Waals surface area contributed by atoms with Crippen molar-refractivity contribution in [3.05, 3.63) is 52.4 Å². The van der Waals surface area contributed by atoms with Crippen LogP contribution in [0.2, 0.25) is 0 Å². The van der Waals surface area contributed by atoms with Crippen LogP contribution in [0.5, 0.6) is 0 Å². The lowest BCUT2D eigenvalue weighted by Crippen LogP contribution is -2.32. The Morgan fingerprint density at radius 2 is 1.77 bits per heavy atom. The second kappa shape index (κ2) is 7.49. The highest BCUT2D eigenvalue weighted by atomic mass is 32.1. The zero-order chi connectivity index (χ0) is 18.7. The van der Waals surface area contributed by atoms with Crippen LogP contribution in [0.15, 0.2) is 35.7 Å². The smallest absolute Gasteiger partial charge is 0.341 e. The van der Waals surface area contributed by atoms with Gasteiger partial charge >= 0.3 is 5.97 Å². The molecule has 3 amide bonds. The van der Waals surface area contributed by atoms with Crippen molar-refractivity contribution in [2.45, 2.75) is 13.3 Å². The fourth-order valence-electron chi connectivity index (χ4n) is 2.62. The molecule has 0 saturated carbocycles. The molecule has 0 aliphatic carbocycles. The Labute approximate surface area is 153 Å². The van der Waals surface area contributed by atoms with Gasteiger partial charge < -0.3 is 10.1 Å². The number of ether oxygens (including phenoxy) is 1. The summed E-state index contributed by atoms with van der Waals surface area (Å²) < 4.78 is 4.93. The Kier molecular flexibility index (Phi) is 5.13. The van der Waals surface area contributed by atoms with E-state index in [9.17, 15) is 19.2 Å². The van der Waals surface area contributed by atoms with Crippen molar-refractivity contribution in [3.8, 4) is 0 Å². The highest BCUT2D eigenvalue weighted by Gasteiger charge is 2.35. The van der Waals surface area contributed by atoms with Crippen LogP contribution in [0.1, 0.15) is 44.4 Å². The molecule has 0 spiro atoms. The standard InChI is InChI=1S/C18H16N2O5S/c1-2-25-18(24)13-8-10-26-15(13)19-14(21)7-9-20-16(22)11-5-3-4-6-12(11)17(20)23/h3-6,8,10H,2,7,9H2,1H3,(H,19,21). The van der Waals surface area contributed by atoms with E-state index in [4.69, 9.17) is 4.74 Å². The van der Waals surface area contributed by atoms with Crippen molar-refractivity contribution in [2.24, 2.45) is 0 Å². The van der Waals surface area contributed by atoms with Crippen molar-refractivity contribution in [1.82, 2.24) is 4.90 Å². The van der Waals surface area contributed by atoms with E-state index in [-0.39, 0.29) is 25.1 Å². The molecular weight excluding hydrogens is 356 g/mol. The number of benzene rings is 1. The lowest BCUT2D eigenvalue weighted by Gasteiger charge is -2.13. The van der Waals surface area contributed by atoms with Gasteiger partial charge in [0, 0.05) is 13.0 Å². The first-order chi connectivity index (χ1) is 12.5. The Hall–Kier alpha value is -3.00. The Morgan fingerprint density at radius 1 is 1.12 bits per heavy atom. The summed E-state index contributed by atoms with van der Waals surface area (Å²) in [5.41, 5.74) is 0.979. The third-order valence-corrected chi connectivity index (χ3v) is 4.68. The van der Waals surface area contributed by atoms with Crippen LogP contribution in [-0.4, -0.2) is 41.7 Å². The summed E-state index contributed by atoms with van der Waals surface area (Å²) in [4.78, 5) is 49.6. The average molecular weight is 372 g/mol. The van der Waals surface area contributed by atoms with Crippen molar-refractivity contribution in [1.29, 1.82) is 0 Å². The minimum Gasteiger partial charge on any atom is -0.462 e. The largest absolute Gasteiger partial charge is 0.462 e. The molecule has 2 aromatic rings. The first-order valence-electron chi connectivity index (χ1n) is 8.02.